The van der Waals surface area contributed by atoms with E-state index in [2.05, 4.69) is 15.3 Å². The van der Waals surface area contributed by atoms with E-state index in [0.29, 0.717) is 17.9 Å². The minimum absolute atomic E-state index is 0.202. The highest BCUT2D eigenvalue weighted by molar-refractivity contribution is 6.04. The molecule has 28 heavy (non-hydrogen) atoms. The van der Waals surface area contributed by atoms with Gasteiger partial charge in [0, 0.05) is 18.1 Å². The van der Waals surface area contributed by atoms with Crippen LogP contribution in [0.2, 0.25) is 0 Å². The number of ether oxygens (including phenoxy) is 1. The fraction of sp³-hybridized carbons (Fsp3) is 0.286. The monoisotopic (exact) mass is 383 g/mol. The maximum absolute atomic E-state index is 14.8. The Balaban J connectivity index is 1.58. The molecule has 1 fully saturated rings. The van der Waals surface area contributed by atoms with Crippen molar-refractivity contribution in [3.63, 3.8) is 0 Å². The fourth-order valence-corrected chi connectivity index (χ4v) is 3.53. The number of anilines is 1. The molecule has 0 radical (unpaired) electrons. The Hall–Kier alpha value is -3.09. The Morgan fingerprint density at radius 2 is 1.93 bits per heavy atom. The second-order valence-corrected chi connectivity index (χ2v) is 6.92. The van der Waals surface area contributed by atoms with Crippen LogP contribution in [0.25, 0.3) is 10.8 Å². The lowest BCUT2D eigenvalue weighted by molar-refractivity contribution is 0.101. The van der Waals surface area contributed by atoms with Gasteiger partial charge in [0.25, 0.3) is 5.91 Å². The van der Waals surface area contributed by atoms with Gasteiger partial charge >= 0.3 is 0 Å². The van der Waals surface area contributed by atoms with E-state index in [9.17, 15) is 13.6 Å². The van der Waals surface area contributed by atoms with Gasteiger partial charge in [0.15, 0.2) is 11.5 Å². The molecule has 4 rings (SSSR count). The minimum atomic E-state index is -0.747. The highest BCUT2D eigenvalue weighted by atomic mass is 19.1. The van der Waals surface area contributed by atoms with Gasteiger partial charge in [-0.2, -0.15) is 0 Å². The highest BCUT2D eigenvalue weighted by Crippen LogP contribution is 2.31. The van der Waals surface area contributed by atoms with Crippen molar-refractivity contribution in [1.29, 1.82) is 0 Å². The van der Waals surface area contributed by atoms with Crippen LogP contribution in [0.5, 0.6) is 5.88 Å². The van der Waals surface area contributed by atoms with Crippen LogP contribution in [-0.4, -0.2) is 22.5 Å². The van der Waals surface area contributed by atoms with Gasteiger partial charge < -0.3 is 10.1 Å². The van der Waals surface area contributed by atoms with E-state index < -0.39 is 17.5 Å². The molecule has 1 aliphatic rings. The van der Waals surface area contributed by atoms with Gasteiger partial charge in [-0.25, -0.2) is 18.7 Å². The first-order valence-electron chi connectivity index (χ1n) is 9.25. The van der Waals surface area contributed by atoms with Crippen LogP contribution < -0.4 is 10.1 Å². The first-order chi connectivity index (χ1) is 13.6. The molecule has 1 aliphatic carbocycles. The van der Waals surface area contributed by atoms with Gasteiger partial charge in [-0.3, -0.25) is 4.79 Å². The number of hydrogen-bond donors (Lipinski definition) is 1. The number of amides is 1. The molecule has 0 unspecified atom stereocenters. The van der Waals surface area contributed by atoms with Crippen LogP contribution in [-0.2, 0) is 0 Å². The number of fused-ring (bicyclic) bond motifs is 1. The summed E-state index contributed by atoms with van der Waals surface area (Å²) in [6.45, 7) is 0.517. The van der Waals surface area contributed by atoms with Crippen LogP contribution in [0.4, 0.5) is 14.5 Å². The van der Waals surface area contributed by atoms with Gasteiger partial charge in [-0.05, 0) is 54.5 Å². The summed E-state index contributed by atoms with van der Waals surface area (Å²) in [5.41, 5.74) is -0.147. The number of halogens is 2. The fourth-order valence-electron chi connectivity index (χ4n) is 3.53. The molecule has 0 bridgehead atoms. The second-order valence-electron chi connectivity index (χ2n) is 6.92. The zero-order valence-corrected chi connectivity index (χ0v) is 15.1. The third-order valence-electron chi connectivity index (χ3n) is 4.94. The predicted octanol–water partition coefficient (Wildman–Crippen LogP) is 4.73. The molecule has 3 aromatic rings. The number of hydrogen-bond acceptors (Lipinski definition) is 4. The summed E-state index contributed by atoms with van der Waals surface area (Å²) in [4.78, 5) is 20.1. The molecule has 2 heterocycles. The number of benzene rings is 1. The number of nitrogens with one attached hydrogen (secondary N) is 1. The van der Waals surface area contributed by atoms with Crippen molar-refractivity contribution < 1.29 is 18.3 Å². The molecule has 1 amide bonds. The summed E-state index contributed by atoms with van der Waals surface area (Å²) in [5.74, 6) is -1.33. The SMILES string of the molecule is O=C(Nc1cc(F)c2c(OCC3CCCC3)nccc2c1)c1ncccc1F. The number of pyridine rings is 2. The van der Waals surface area contributed by atoms with Gasteiger partial charge in [-0.15, -0.1) is 0 Å². The average molecular weight is 383 g/mol. The van der Waals surface area contributed by atoms with Crippen LogP contribution in [0.1, 0.15) is 36.2 Å². The van der Waals surface area contributed by atoms with Crippen molar-refractivity contribution in [2.75, 3.05) is 11.9 Å². The lowest BCUT2D eigenvalue weighted by atomic mass is 10.1. The van der Waals surface area contributed by atoms with Gasteiger partial charge in [0.2, 0.25) is 5.88 Å². The quantitative estimate of drug-likeness (QED) is 0.692. The molecule has 0 aliphatic heterocycles. The molecule has 7 heteroatoms. The van der Waals surface area contributed by atoms with Crippen LogP contribution in [0.15, 0.2) is 42.7 Å². The van der Waals surface area contributed by atoms with Crippen LogP contribution in [0, 0.1) is 17.6 Å². The molecule has 1 aromatic carbocycles. The molecule has 0 spiro atoms. The van der Waals surface area contributed by atoms with E-state index in [-0.39, 0.29) is 22.6 Å². The van der Waals surface area contributed by atoms with Crippen LogP contribution >= 0.6 is 0 Å². The number of aromatic nitrogens is 2. The Morgan fingerprint density at radius 1 is 1.11 bits per heavy atom. The topological polar surface area (TPSA) is 64.1 Å². The first kappa shape index (κ1) is 18.3. The number of nitrogens with zero attached hydrogens (tertiary/aromatic N) is 2. The standard InChI is InChI=1S/C21H19F2N3O2/c22-16-6-3-8-24-19(16)20(27)26-15-10-14-7-9-25-21(18(14)17(23)11-15)28-12-13-4-1-2-5-13/h3,6-11,13H,1-2,4-5,12H2,(H,26,27). The molecular weight excluding hydrogens is 364 g/mol. The number of carbonyl (C=O) groups is 1. The van der Waals surface area contributed by atoms with Crippen molar-refractivity contribution in [1.82, 2.24) is 9.97 Å². The maximum Gasteiger partial charge on any atom is 0.277 e. The van der Waals surface area contributed by atoms with E-state index >= 15 is 0 Å². The molecule has 0 atom stereocenters. The molecule has 2 aromatic heterocycles. The molecule has 0 saturated heterocycles. The lowest BCUT2D eigenvalue weighted by Crippen LogP contribution is -2.15. The zero-order valence-electron chi connectivity index (χ0n) is 15.1. The van der Waals surface area contributed by atoms with E-state index in [1.165, 1.54) is 37.4 Å². The molecule has 5 nitrogen and oxygen atoms in total. The Labute approximate surface area is 160 Å². The summed E-state index contributed by atoms with van der Waals surface area (Å²) in [6, 6.07) is 6.94. The summed E-state index contributed by atoms with van der Waals surface area (Å²) >= 11 is 0. The van der Waals surface area contributed by atoms with E-state index in [1.807, 2.05) is 0 Å². The van der Waals surface area contributed by atoms with E-state index in [1.54, 1.807) is 12.1 Å². The lowest BCUT2D eigenvalue weighted by Gasteiger charge is -2.13. The maximum atomic E-state index is 14.8. The third kappa shape index (κ3) is 3.78. The van der Waals surface area contributed by atoms with Gasteiger partial charge in [0.05, 0.1) is 12.0 Å². The largest absolute Gasteiger partial charge is 0.477 e. The number of carbonyl (C=O) groups excluding carboxylic acids is 1. The smallest absolute Gasteiger partial charge is 0.277 e. The van der Waals surface area contributed by atoms with E-state index in [0.717, 1.165) is 18.9 Å². The summed E-state index contributed by atoms with van der Waals surface area (Å²) < 4.78 is 34.3. The van der Waals surface area contributed by atoms with Crippen molar-refractivity contribution in [2.24, 2.45) is 5.92 Å². The number of rotatable bonds is 5. The molecule has 1 saturated carbocycles. The Morgan fingerprint density at radius 3 is 2.71 bits per heavy atom. The highest BCUT2D eigenvalue weighted by Gasteiger charge is 2.19. The Bertz CT molecular complexity index is 1020. The van der Waals surface area contributed by atoms with Crippen LogP contribution in [0.3, 0.4) is 0 Å². The molecule has 144 valence electrons. The summed E-state index contributed by atoms with van der Waals surface area (Å²) in [5, 5.41) is 3.29. The summed E-state index contributed by atoms with van der Waals surface area (Å²) in [7, 11) is 0. The van der Waals surface area contributed by atoms with Crippen molar-refractivity contribution >= 4 is 22.4 Å². The van der Waals surface area contributed by atoms with Crippen molar-refractivity contribution in [2.45, 2.75) is 25.7 Å². The minimum Gasteiger partial charge on any atom is -0.477 e. The average Bonchev–Trinajstić information content (AvgIpc) is 3.20. The molecular formula is C21H19F2N3O2. The third-order valence-corrected chi connectivity index (χ3v) is 4.94. The second kappa shape index (κ2) is 7.88. The van der Waals surface area contributed by atoms with E-state index in [4.69, 9.17) is 4.74 Å². The Kier molecular flexibility index (Phi) is 5.14. The van der Waals surface area contributed by atoms with Gasteiger partial charge in [-0.1, -0.05) is 12.8 Å². The molecule has 1 N–H and O–H groups in total. The van der Waals surface area contributed by atoms with Gasteiger partial charge in [0.1, 0.15) is 5.82 Å². The summed E-state index contributed by atoms with van der Waals surface area (Å²) in [6.07, 6.45) is 7.49. The van der Waals surface area contributed by atoms with Crippen molar-refractivity contribution in [3.8, 4) is 5.88 Å². The zero-order chi connectivity index (χ0) is 19.5. The van der Waals surface area contributed by atoms with Crippen molar-refractivity contribution in [3.05, 3.63) is 60.1 Å². The predicted molar refractivity (Wildman–Crippen MR) is 101 cm³/mol. The normalized spacial score (nSPS) is 14.4. The first-order valence-corrected chi connectivity index (χ1v) is 9.25.